The molecule has 0 bridgehead atoms. The van der Waals surface area contributed by atoms with Gasteiger partial charge in [-0.05, 0) is 54.3 Å². The number of fused-ring (bicyclic) bond motifs is 1. The Labute approximate surface area is 168 Å². The highest BCUT2D eigenvalue weighted by Crippen LogP contribution is 2.31. The molecular formula is C22H19FN2O3S. The van der Waals surface area contributed by atoms with Crippen LogP contribution >= 0.6 is 0 Å². The van der Waals surface area contributed by atoms with E-state index < -0.39 is 15.8 Å². The quantitative estimate of drug-likeness (QED) is 0.667. The van der Waals surface area contributed by atoms with Crippen molar-refractivity contribution >= 4 is 21.6 Å². The summed E-state index contributed by atoms with van der Waals surface area (Å²) >= 11 is 0. The van der Waals surface area contributed by atoms with Crippen molar-refractivity contribution in [3.63, 3.8) is 0 Å². The fourth-order valence-electron chi connectivity index (χ4n) is 3.50. The molecule has 0 heterocycles. The number of hydrogen-bond donors (Lipinski definition) is 2. The molecule has 0 aromatic heterocycles. The van der Waals surface area contributed by atoms with Crippen LogP contribution in [-0.2, 0) is 16.4 Å². The summed E-state index contributed by atoms with van der Waals surface area (Å²) in [4.78, 5) is 12.6. The number of sulfonamides is 1. The molecule has 0 aliphatic heterocycles. The number of halogens is 1. The van der Waals surface area contributed by atoms with Crippen molar-refractivity contribution in [3.05, 3.63) is 95.3 Å². The van der Waals surface area contributed by atoms with Crippen LogP contribution in [0, 0.1) is 5.82 Å². The highest BCUT2D eigenvalue weighted by molar-refractivity contribution is 7.92. The Morgan fingerprint density at radius 1 is 0.966 bits per heavy atom. The maximum Gasteiger partial charge on any atom is 0.262 e. The number of nitrogens with one attached hydrogen (secondary N) is 2. The van der Waals surface area contributed by atoms with Crippen LogP contribution in [0.5, 0.6) is 0 Å². The van der Waals surface area contributed by atoms with Crippen LogP contribution in [0.1, 0.15) is 33.9 Å². The zero-order valence-corrected chi connectivity index (χ0v) is 16.2. The van der Waals surface area contributed by atoms with E-state index in [9.17, 15) is 17.6 Å². The lowest BCUT2D eigenvalue weighted by Crippen LogP contribution is -2.27. The molecule has 1 aliphatic rings. The second-order valence-corrected chi connectivity index (χ2v) is 8.56. The van der Waals surface area contributed by atoms with Gasteiger partial charge in [0.25, 0.3) is 15.9 Å². The molecule has 2 N–H and O–H groups in total. The predicted octanol–water partition coefficient (Wildman–Crippen LogP) is 4.04. The van der Waals surface area contributed by atoms with Gasteiger partial charge in [-0.25, -0.2) is 12.8 Å². The zero-order valence-electron chi connectivity index (χ0n) is 15.4. The molecule has 1 unspecified atom stereocenters. The Balaban J connectivity index is 1.54. The predicted molar refractivity (Wildman–Crippen MR) is 109 cm³/mol. The lowest BCUT2D eigenvalue weighted by atomic mass is 10.1. The minimum absolute atomic E-state index is 0.101. The maximum absolute atomic E-state index is 13.8. The maximum atomic E-state index is 13.8. The van der Waals surface area contributed by atoms with Crippen LogP contribution in [0.3, 0.4) is 0 Å². The summed E-state index contributed by atoms with van der Waals surface area (Å²) in [5.41, 5.74) is 2.38. The molecule has 3 aromatic rings. The number of carbonyl (C=O) groups is 1. The number of para-hydroxylation sites is 1. The minimum Gasteiger partial charge on any atom is -0.345 e. The van der Waals surface area contributed by atoms with Gasteiger partial charge in [0, 0.05) is 5.56 Å². The second kappa shape index (κ2) is 7.67. The van der Waals surface area contributed by atoms with Gasteiger partial charge in [0.1, 0.15) is 5.82 Å². The van der Waals surface area contributed by atoms with Crippen LogP contribution < -0.4 is 10.0 Å². The van der Waals surface area contributed by atoms with E-state index in [2.05, 4.69) is 10.0 Å². The minimum atomic E-state index is -4.04. The lowest BCUT2D eigenvalue weighted by molar-refractivity contribution is 0.0936. The smallest absolute Gasteiger partial charge is 0.262 e. The SMILES string of the molecule is O=C(NC1CCc2ccccc21)c1cccc(S(=O)(=O)Nc2ccccc2F)c1. The first-order valence-corrected chi connectivity index (χ1v) is 10.7. The van der Waals surface area contributed by atoms with Gasteiger partial charge in [0.15, 0.2) is 0 Å². The van der Waals surface area contributed by atoms with E-state index in [1.807, 2.05) is 24.3 Å². The van der Waals surface area contributed by atoms with Crippen molar-refractivity contribution in [1.29, 1.82) is 0 Å². The third-order valence-electron chi connectivity index (χ3n) is 4.96. The van der Waals surface area contributed by atoms with E-state index in [0.29, 0.717) is 0 Å². The van der Waals surface area contributed by atoms with Crippen molar-refractivity contribution in [1.82, 2.24) is 5.32 Å². The first-order chi connectivity index (χ1) is 13.9. The van der Waals surface area contributed by atoms with Gasteiger partial charge < -0.3 is 5.32 Å². The summed E-state index contributed by atoms with van der Waals surface area (Å²) in [6, 6.07) is 19.1. The number of benzene rings is 3. The number of rotatable bonds is 5. The van der Waals surface area contributed by atoms with Crippen LogP contribution in [0.15, 0.2) is 77.7 Å². The van der Waals surface area contributed by atoms with E-state index in [4.69, 9.17) is 0 Å². The molecule has 0 radical (unpaired) electrons. The third-order valence-corrected chi connectivity index (χ3v) is 6.33. The van der Waals surface area contributed by atoms with Crippen molar-refractivity contribution < 1.29 is 17.6 Å². The molecule has 0 saturated heterocycles. The third kappa shape index (κ3) is 4.00. The molecule has 29 heavy (non-hydrogen) atoms. The summed E-state index contributed by atoms with van der Waals surface area (Å²) < 4.78 is 41.3. The molecule has 1 atom stereocenters. The van der Waals surface area contributed by atoms with E-state index in [1.165, 1.54) is 48.0 Å². The molecule has 3 aromatic carbocycles. The monoisotopic (exact) mass is 410 g/mol. The summed E-state index contributed by atoms with van der Waals surface area (Å²) in [6.45, 7) is 0. The Morgan fingerprint density at radius 3 is 2.55 bits per heavy atom. The van der Waals surface area contributed by atoms with Crippen molar-refractivity contribution in [2.24, 2.45) is 0 Å². The molecule has 1 aliphatic carbocycles. The average molecular weight is 410 g/mol. The van der Waals surface area contributed by atoms with Gasteiger partial charge in [0.2, 0.25) is 0 Å². The molecule has 5 nitrogen and oxygen atoms in total. The first kappa shape index (κ1) is 19.1. The zero-order chi connectivity index (χ0) is 20.4. The molecule has 4 rings (SSSR count). The Morgan fingerprint density at radius 2 is 1.72 bits per heavy atom. The lowest BCUT2D eigenvalue weighted by Gasteiger charge is -2.15. The topological polar surface area (TPSA) is 75.3 Å². The van der Waals surface area contributed by atoms with Gasteiger partial charge >= 0.3 is 0 Å². The van der Waals surface area contributed by atoms with Gasteiger partial charge in [-0.2, -0.15) is 0 Å². The van der Waals surface area contributed by atoms with Crippen LogP contribution in [0.4, 0.5) is 10.1 Å². The van der Waals surface area contributed by atoms with Crippen LogP contribution in [0.25, 0.3) is 0 Å². The second-order valence-electron chi connectivity index (χ2n) is 6.88. The molecule has 1 amide bonds. The largest absolute Gasteiger partial charge is 0.345 e. The van der Waals surface area contributed by atoms with Crippen molar-refractivity contribution in [3.8, 4) is 0 Å². The Hall–Kier alpha value is -3.19. The summed E-state index contributed by atoms with van der Waals surface area (Å²) in [6.07, 6.45) is 1.69. The normalized spacial score (nSPS) is 15.6. The first-order valence-electron chi connectivity index (χ1n) is 9.20. The number of anilines is 1. The number of amides is 1. The summed E-state index contributed by atoms with van der Waals surface area (Å²) in [5, 5.41) is 2.97. The molecule has 0 spiro atoms. The van der Waals surface area contributed by atoms with Crippen LogP contribution in [0.2, 0.25) is 0 Å². The Kier molecular flexibility index (Phi) is 5.07. The van der Waals surface area contributed by atoms with Gasteiger partial charge in [-0.15, -0.1) is 0 Å². The fraction of sp³-hybridized carbons (Fsp3) is 0.136. The number of hydrogen-bond acceptors (Lipinski definition) is 3. The van der Waals surface area contributed by atoms with Crippen molar-refractivity contribution in [2.75, 3.05) is 4.72 Å². The van der Waals surface area contributed by atoms with Gasteiger partial charge in [-0.1, -0.05) is 42.5 Å². The Bertz CT molecular complexity index is 1180. The van der Waals surface area contributed by atoms with E-state index in [1.54, 1.807) is 6.07 Å². The highest BCUT2D eigenvalue weighted by Gasteiger charge is 2.24. The fourth-order valence-corrected chi connectivity index (χ4v) is 4.61. The number of aryl methyl sites for hydroxylation is 1. The average Bonchev–Trinajstić information content (AvgIpc) is 3.13. The highest BCUT2D eigenvalue weighted by atomic mass is 32.2. The molecular weight excluding hydrogens is 391 g/mol. The number of carbonyl (C=O) groups excluding carboxylic acids is 1. The van der Waals surface area contributed by atoms with Crippen LogP contribution in [-0.4, -0.2) is 14.3 Å². The van der Waals surface area contributed by atoms with Gasteiger partial charge in [-0.3, -0.25) is 9.52 Å². The van der Waals surface area contributed by atoms with Crippen molar-refractivity contribution in [2.45, 2.75) is 23.8 Å². The van der Waals surface area contributed by atoms with E-state index >= 15 is 0 Å². The molecule has 0 fully saturated rings. The molecule has 0 saturated carbocycles. The standard InChI is InChI=1S/C22H19FN2O3S/c23-19-10-3-4-11-21(19)25-29(27,28)17-8-5-7-16(14-17)22(26)24-20-13-12-15-6-1-2-9-18(15)20/h1-11,14,20,25H,12-13H2,(H,24,26). The van der Waals surface area contributed by atoms with Gasteiger partial charge in [0.05, 0.1) is 16.6 Å². The molecule has 148 valence electrons. The summed E-state index contributed by atoms with van der Waals surface area (Å²) in [7, 11) is -4.04. The molecule has 7 heteroatoms. The van der Waals surface area contributed by atoms with E-state index in [0.717, 1.165) is 18.4 Å². The summed E-state index contributed by atoms with van der Waals surface area (Å²) in [5.74, 6) is -1.03. The van der Waals surface area contributed by atoms with E-state index in [-0.39, 0.29) is 28.1 Å².